The van der Waals surface area contributed by atoms with E-state index in [9.17, 15) is 12.8 Å². The lowest BCUT2D eigenvalue weighted by atomic mass is 10.3. The molecule has 1 aromatic rings. The molecule has 5 nitrogen and oxygen atoms in total. The molecule has 1 rings (SSSR count). The molecule has 0 unspecified atom stereocenters. The lowest BCUT2D eigenvalue weighted by Gasteiger charge is -1.98. The van der Waals surface area contributed by atoms with Crippen LogP contribution in [0.15, 0.2) is 10.5 Å². The van der Waals surface area contributed by atoms with Gasteiger partial charge in [0.05, 0.1) is 25.2 Å². The molecule has 7 heteroatoms. The van der Waals surface area contributed by atoms with Gasteiger partial charge in [0.2, 0.25) is 5.89 Å². The molecule has 0 spiro atoms. The van der Waals surface area contributed by atoms with E-state index in [2.05, 4.69) is 9.17 Å². The van der Waals surface area contributed by atoms with Gasteiger partial charge in [-0.05, 0) is 25.8 Å². The lowest BCUT2D eigenvalue weighted by molar-refractivity contribution is 0.324. The summed E-state index contributed by atoms with van der Waals surface area (Å²) >= 11 is 0. The number of nitrogens with zero attached hydrogens (tertiary/aromatic N) is 1. The summed E-state index contributed by atoms with van der Waals surface area (Å²) < 4.78 is 43.5. The van der Waals surface area contributed by atoms with Crippen LogP contribution < -0.4 is 0 Å². The van der Waals surface area contributed by atoms with Crippen LogP contribution in [0.25, 0.3) is 6.08 Å². The molecule has 0 bridgehead atoms. The highest BCUT2D eigenvalue weighted by atomic mass is 32.2. The molecule has 0 aliphatic rings. The molecule has 0 atom stereocenters. The van der Waals surface area contributed by atoms with E-state index >= 15 is 0 Å². The number of aryl methyl sites for hydroxylation is 1. The van der Waals surface area contributed by atoms with Gasteiger partial charge in [-0.3, -0.25) is 8.57 Å². The van der Waals surface area contributed by atoms with Crippen molar-refractivity contribution >= 4 is 16.2 Å². The van der Waals surface area contributed by atoms with Gasteiger partial charge in [-0.2, -0.15) is 8.42 Å². The Balaban J connectivity index is 2.52. The van der Waals surface area contributed by atoms with E-state index in [0.717, 1.165) is 6.26 Å². The van der Waals surface area contributed by atoms with Crippen molar-refractivity contribution in [2.24, 2.45) is 0 Å². The molecule has 0 saturated heterocycles. The Hall–Kier alpha value is -1.21. The second-order valence-corrected chi connectivity index (χ2v) is 5.71. The van der Waals surface area contributed by atoms with Gasteiger partial charge in [-0.1, -0.05) is 6.08 Å². The zero-order valence-electron chi connectivity index (χ0n) is 11.1. The Morgan fingerprint density at radius 2 is 2.21 bits per heavy atom. The summed E-state index contributed by atoms with van der Waals surface area (Å²) in [6, 6.07) is 0. The Morgan fingerprint density at radius 1 is 1.47 bits per heavy atom. The molecular formula is C12H18FNO4S. The van der Waals surface area contributed by atoms with E-state index in [1.165, 1.54) is 0 Å². The van der Waals surface area contributed by atoms with Crippen molar-refractivity contribution in [3.63, 3.8) is 0 Å². The third-order valence-corrected chi connectivity index (χ3v) is 2.91. The van der Waals surface area contributed by atoms with Gasteiger partial charge in [-0.15, -0.1) is 0 Å². The molecule has 0 aromatic carbocycles. The predicted molar refractivity (Wildman–Crippen MR) is 70.0 cm³/mol. The Morgan fingerprint density at radius 3 is 2.84 bits per heavy atom. The monoisotopic (exact) mass is 291 g/mol. The molecule has 1 heterocycles. The van der Waals surface area contributed by atoms with Gasteiger partial charge in [0, 0.05) is 6.42 Å². The van der Waals surface area contributed by atoms with Gasteiger partial charge >= 0.3 is 0 Å². The van der Waals surface area contributed by atoms with Crippen LogP contribution in [0.3, 0.4) is 0 Å². The number of hydrogen-bond donors (Lipinski definition) is 0. The molecule has 0 saturated carbocycles. The van der Waals surface area contributed by atoms with Crippen LogP contribution in [-0.4, -0.2) is 32.9 Å². The number of alkyl halides is 1. The Kier molecular flexibility index (Phi) is 6.17. The minimum Gasteiger partial charge on any atom is -0.442 e. The SMILES string of the molecule is Cc1oc(C=CCCCF)nc1CCOS(C)(=O)=O. The van der Waals surface area contributed by atoms with Gasteiger partial charge < -0.3 is 4.42 Å². The van der Waals surface area contributed by atoms with Crippen LogP contribution in [-0.2, 0) is 20.7 Å². The first kappa shape index (κ1) is 15.8. The number of allylic oxidation sites excluding steroid dienone is 1. The van der Waals surface area contributed by atoms with Crippen molar-refractivity contribution in [3.05, 3.63) is 23.4 Å². The fraction of sp³-hybridized carbons (Fsp3) is 0.583. The lowest BCUT2D eigenvalue weighted by Crippen LogP contribution is -2.06. The van der Waals surface area contributed by atoms with Crippen molar-refractivity contribution < 1.29 is 21.4 Å². The maximum Gasteiger partial charge on any atom is 0.264 e. The molecule has 0 aliphatic heterocycles. The zero-order chi connectivity index (χ0) is 14.3. The molecule has 0 fully saturated rings. The molecule has 0 radical (unpaired) electrons. The van der Waals surface area contributed by atoms with Crippen LogP contribution in [0.1, 0.15) is 30.2 Å². The molecule has 19 heavy (non-hydrogen) atoms. The van der Waals surface area contributed by atoms with Crippen LogP contribution in [0.5, 0.6) is 0 Å². The largest absolute Gasteiger partial charge is 0.442 e. The minimum absolute atomic E-state index is 0.0389. The van der Waals surface area contributed by atoms with Crippen molar-refractivity contribution in [2.45, 2.75) is 26.2 Å². The minimum atomic E-state index is -3.43. The van der Waals surface area contributed by atoms with Gasteiger partial charge in [0.15, 0.2) is 0 Å². The van der Waals surface area contributed by atoms with Crippen LogP contribution in [0, 0.1) is 6.92 Å². The summed E-state index contributed by atoms with van der Waals surface area (Å²) in [5, 5.41) is 0. The average Bonchev–Trinajstić information content (AvgIpc) is 2.64. The first-order valence-corrected chi connectivity index (χ1v) is 7.77. The molecule has 0 amide bonds. The van der Waals surface area contributed by atoms with Crippen molar-refractivity contribution in [1.29, 1.82) is 0 Å². The summed E-state index contributed by atoms with van der Waals surface area (Å²) in [6.45, 7) is 1.45. The summed E-state index contributed by atoms with van der Waals surface area (Å²) in [4.78, 5) is 4.20. The summed E-state index contributed by atoms with van der Waals surface area (Å²) in [7, 11) is -3.43. The number of hydrogen-bond acceptors (Lipinski definition) is 5. The summed E-state index contributed by atoms with van der Waals surface area (Å²) in [5.41, 5.74) is 0.661. The molecule has 0 N–H and O–H groups in total. The van der Waals surface area contributed by atoms with E-state index in [-0.39, 0.29) is 13.3 Å². The highest BCUT2D eigenvalue weighted by Crippen LogP contribution is 2.12. The Labute approximate surface area is 112 Å². The van der Waals surface area contributed by atoms with Crippen LogP contribution >= 0.6 is 0 Å². The zero-order valence-corrected chi connectivity index (χ0v) is 11.9. The fourth-order valence-corrected chi connectivity index (χ4v) is 1.81. The topological polar surface area (TPSA) is 69.4 Å². The standard InChI is InChI=1S/C12H18FNO4S/c1-10-11(7-9-17-19(2,15)16)14-12(18-10)6-4-3-5-8-13/h4,6H,3,5,7-9H2,1-2H3. The van der Waals surface area contributed by atoms with Gasteiger partial charge in [0.25, 0.3) is 10.1 Å². The molecule has 108 valence electrons. The van der Waals surface area contributed by atoms with Crippen molar-refractivity contribution in [1.82, 2.24) is 4.98 Å². The molecule has 1 aromatic heterocycles. The average molecular weight is 291 g/mol. The second kappa shape index (κ2) is 7.40. The molecule has 0 aliphatic carbocycles. The summed E-state index contributed by atoms with van der Waals surface area (Å²) in [6.07, 6.45) is 5.95. The number of oxazole rings is 1. The third kappa shape index (κ3) is 6.49. The van der Waals surface area contributed by atoms with E-state index in [4.69, 9.17) is 4.42 Å². The van der Waals surface area contributed by atoms with E-state index < -0.39 is 10.1 Å². The number of unbranched alkanes of at least 4 members (excludes halogenated alkanes) is 1. The highest BCUT2D eigenvalue weighted by molar-refractivity contribution is 7.85. The number of aromatic nitrogens is 1. The number of rotatable bonds is 8. The Bertz CT molecular complexity index is 522. The third-order valence-electron chi connectivity index (χ3n) is 2.31. The first-order valence-electron chi connectivity index (χ1n) is 5.95. The first-order chi connectivity index (χ1) is 8.92. The fourth-order valence-electron chi connectivity index (χ4n) is 1.42. The normalized spacial score (nSPS) is 12.4. The van der Waals surface area contributed by atoms with E-state index in [1.54, 1.807) is 19.1 Å². The number of halogens is 1. The van der Waals surface area contributed by atoms with E-state index in [1.807, 2.05) is 0 Å². The van der Waals surface area contributed by atoms with Gasteiger partial charge in [-0.25, -0.2) is 4.98 Å². The van der Waals surface area contributed by atoms with Crippen molar-refractivity contribution in [2.75, 3.05) is 19.5 Å². The van der Waals surface area contributed by atoms with Crippen LogP contribution in [0.2, 0.25) is 0 Å². The molecular weight excluding hydrogens is 273 g/mol. The highest BCUT2D eigenvalue weighted by Gasteiger charge is 2.09. The van der Waals surface area contributed by atoms with Gasteiger partial charge in [0.1, 0.15) is 5.76 Å². The smallest absolute Gasteiger partial charge is 0.264 e. The predicted octanol–water partition coefficient (Wildman–Crippen LogP) is 2.26. The summed E-state index contributed by atoms with van der Waals surface area (Å²) in [5.74, 6) is 1.06. The quantitative estimate of drug-likeness (QED) is 0.543. The van der Waals surface area contributed by atoms with E-state index in [0.29, 0.717) is 36.6 Å². The maximum absolute atomic E-state index is 11.9. The van der Waals surface area contributed by atoms with Crippen LogP contribution in [0.4, 0.5) is 4.39 Å². The van der Waals surface area contributed by atoms with Crippen molar-refractivity contribution in [3.8, 4) is 0 Å². The second-order valence-electron chi connectivity index (χ2n) is 4.06. The maximum atomic E-state index is 11.9.